The third-order valence-corrected chi connectivity index (χ3v) is 5.76. The third-order valence-electron chi connectivity index (χ3n) is 3.99. The smallest absolute Gasteiger partial charge is 0.199 e. The summed E-state index contributed by atoms with van der Waals surface area (Å²) in [6, 6.07) is 14.0. The molecule has 1 aliphatic heterocycles. The molecule has 25 heavy (non-hydrogen) atoms. The monoisotopic (exact) mass is 375 g/mol. The number of hydrogen-bond donors (Lipinski definition) is 0. The second kappa shape index (κ2) is 6.29. The summed E-state index contributed by atoms with van der Waals surface area (Å²) in [4.78, 5) is 4.29. The Bertz CT molecular complexity index is 1070. The summed E-state index contributed by atoms with van der Waals surface area (Å²) in [6.07, 6.45) is 0. The summed E-state index contributed by atoms with van der Waals surface area (Å²) in [7, 11) is -3.65. The molecule has 0 amide bonds. The van der Waals surface area contributed by atoms with Gasteiger partial charge in [0.05, 0.1) is 17.9 Å². The van der Waals surface area contributed by atoms with Gasteiger partial charge in [0.15, 0.2) is 21.7 Å². The fourth-order valence-corrected chi connectivity index (χ4v) is 4.41. The van der Waals surface area contributed by atoms with Crippen LogP contribution >= 0.6 is 11.6 Å². The fraction of sp³-hybridized carbons (Fsp3) is 0.167. The van der Waals surface area contributed by atoms with Gasteiger partial charge in [-0.2, -0.15) is 0 Å². The first-order valence-electron chi connectivity index (χ1n) is 7.63. The fourth-order valence-electron chi connectivity index (χ4n) is 2.86. The standard InChI is InChI=1S/C18H14ClNO4S/c19-15-7-13-9-23-11-24-18(13)14(8-15)10-25(21,22)17-6-5-12-3-1-2-4-16(12)20-17/h1-8H,9-11H2. The Balaban J connectivity index is 1.75. The SMILES string of the molecule is O=S(=O)(Cc1cc(Cl)cc2c1OCOC2)c1ccc2ccccc2n1. The average Bonchev–Trinajstić information content (AvgIpc) is 2.61. The number of halogens is 1. The molecule has 1 aliphatic rings. The third kappa shape index (κ3) is 3.20. The molecular weight excluding hydrogens is 362 g/mol. The van der Waals surface area contributed by atoms with Crippen molar-refractivity contribution < 1.29 is 17.9 Å². The Morgan fingerprint density at radius 2 is 1.96 bits per heavy atom. The lowest BCUT2D eigenvalue weighted by Gasteiger charge is -2.21. The maximum atomic E-state index is 12.8. The molecule has 0 saturated heterocycles. The van der Waals surface area contributed by atoms with Crippen LogP contribution in [0.3, 0.4) is 0 Å². The van der Waals surface area contributed by atoms with E-state index in [2.05, 4.69) is 4.98 Å². The number of ether oxygens (including phenoxy) is 2. The van der Waals surface area contributed by atoms with Gasteiger partial charge >= 0.3 is 0 Å². The van der Waals surface area contributed by atoms with Crippen molar-refractivity contribution in [3.8, 4) is 5.75 Å². The second-order valence-corrected chi connectivity index (χ2v) is 8.14. The van der Waals surface area contributed by atoms with E-state index in [4.69, 9.17) is 21.1 Å². The molecule has 2 heterocycles. The summed E-state index contributed by atoms with van der Waals surface area (Å²) < 4.78 is 36.4. The van der Waals surface area contributed by atoms with E-state index in [9.17, 15) is 8.42 Å². The topological polar surface area (TPSA) is 65.5 Å². The van der Waals surface area contributed by atoms with Crippen molar-refractivity contribution in [2.45, 2.75) is 17.4 Å². The van der Waals surface area contributed by atoms with Crippen LogP contribution in [0.4, 0.5) is 0 Å². The van der Waals surface area contributed by atoms with Gasteiger partial charge in [-0.3, -0.25) is 0 Å². The van der Waals surface area contributed by atoms with Crippen LogP contribution in [0.1, 0.15) is 11.1 Å². The first-order valence-corrected chi connectivity index (χ1v) is 9.66. The van der Waals surface area contributed by atoms with Gasteiger partial charge in [0.1, 0.15) is 5.75 Å². The van der Waals surface area contributed by atoms with Crippen LogP contribution < -0.4 is 4.74 Å². The van der Waals surface area contributed by atoms with Crippen LogP contribution in [-0.4, -0.2) is 20.2 Å². The van der Waals surface area contributed by atoms with Crippen LogP contribution in [-0.2, 0) is 26.9 Å². The van der Waals surface area contributed by atoms with Crippen molar-refractivity contribution in [1.82, 2.24) is 4.98 Å². The van der Waals surface area contributed by atoms with Gasteiger partial charge in [0.25, 0.3) is 0 Å². The number of rotatable bonds is 3. The molecule has 0 spiro atoms. The van der Waals surface area contributed by atoms with Gasteiger partial charge < -0.3 is 9.47 Å². The molecule has 0 N–H and O–H groups in total. The van der Waals surface area contributed by atoms with E-state index in [0.717, 1.165) is 10.9 Å². The zero-order valence-corrected chi connectivity index (χ0v) is 14.7. The molecule has 0 unspecified atom stereocenters. The van der Waals surface area contributed by atoms with Crippen LogP contribution in [0.5, 0.6) is 5.75 Å². The highest BCUT2D eigenvalue weighted by molar-refractivity contribution is 7.90. The predicted molar refractivity (Wildman–Crippen MR) is 94.4 cm³/mol. The molecule has 128 valence electrons. The normalized spacial score (nSPS) is 14.1. The molecule has 0 fully saturated rings. The minimum absolute atomic E-state index is 0.0342. The van der Waals surface area contributed by atoms with Crippen molar-refractivity contribution in [1.29, 1.82) is 0 Å². The van der Waals surface area contributed by atoms with Crippen LogP contribution in [0.2, 0.25) is 5.02 Å². The van der Waals surface area contributed by atoms with E-state index in [1.807, 2.05) is 18.2 Å². The quantitative estimate of drug-likeness (QED) is 0.697. The number of fused-ring (bicyclic) bond motifs is 2. The first-order chi connectivity index (χ1) is 12.0. The van der Waals surface area contributed by atoms with Crippen molar-refractivity contribution in [2.75, 3.05) is 6.79 Å². The summed E-state index contributed by atoms with van der Waals surface area (Å²) in [5.74, 6) is 0.293. The lowest BCUT2D eigenvalue weighted by molar-refractivity contribution is -0.0169. The molecular formula is C18H14ClNO4S. The molecule has 0 radical (unpaired) electrons. The Labute approximate surface area is 150 Å². The second-order valence-electron chi connectivity index (χ2n) is 5.77. The number of benzene rings is 2. The number of sulfone groups is 1. The van der Waals surface area contributed by atoms with Crippen LogP contribution in [0.25, 0.3) is 10.9 Å². The first kappa shape index (κ1) is 16.3. The molecule has 2 aromatic carbocycles. The maximum absolute atomic E-state index is 12.8. The van der Waals surface area contributed by atoms with Gasteiger partial charge in [-0.05, 0) is 30.3 Å². The molecule has 0 atom stereocenters. The zero-order chi connectivity index (χ0) is 17.4. The summed E-state index contributed by atoms with van der Waals surface area (Å²) in [5.41, 5.74) is 1.90. The molecule has 7 heteroatoms. The number of nitrogens with zero attached hydrogens (tertiary/aromatic N) is 1. The van der Waals surface area contributed by atoms with Crippen LogP contribution in [0, 0.1) is 0 Å². The minimum Gasteiger partial charge on any atom is -0.467 e. The van der Waals surface area contributed by atoms with Crippen molar-refractivity contribution >= 4 is 32.3 Å². The summed E-state index contributed by atoms with van der Waals surface area (Å²) in [5, 5.41) is 1.37. The van der Waals surface area contributed by atoms with E-state index < -0.39 is 9.84 Å². The van der Waals surface area contributed by atoms with E-state index >= 15 is 0 Å². The van der Waals surface area contributed by atoms with Crippen LogP contribution in [0.15, 0.2) is 53.6 Å². The lowest BCUT2D eigenvalue weighted by atomic mass is 10.1. The summed E-state index contributed by atoms with van der Waals surface area (Å²) >= 11 is 6.11. The highest BCUT2D eigenvalue weighted by Gasteiger charge is 2.23. The number of aromatic nitrogens is 1. The van der Waals surface area contributed by atoms with Crippen molar-refractivity contribution in [3.63, 3.8) is 0 Å². The summed E-state index contributed by atoms with van der Waals surface area (Å²) in [6.45, 7) is 0.438. The van der Waals surface area contributed by atoms with E-state index in [0.29, 0.717) is 28.5 Å². The average molecular weight is 376 g/mol. The number of para-hydroxylation sites is 1. The van der Waals surface area contributed by atoms with Gasteiger partial charge in [0.2, 0.25) is 0 Å². The number of hydrogen-bond acceptors (Lipinski definition) is 5. The Hall–Kier alpha value is -2.15. The van der Waals surface area contributed by atoms with Crippen molar-refractivity contribution in [2.24, 2.45) is 0 Å². The van der Waals surface area contributed by atoms with Crippen molar-refractivity contribution in [3.05, 3.63) is 64.7 Å². The van der Waals surface area contributed by atoms with E-state index in [1.54, 1.807) is 24.3 Å². The Kier molecular flexibility index (Phi) is 4.11. The number of pyridine rings is 1. The lowest BCUT2D eigenvalue weighted by Crippen LogP contribution is -2.15. The van der Waals surface area contributed by atoms with E-state index in [1.165, 1.54) is 6.07 Å². The Morgan fingerprint density at radius 3 is 2.84 bits per heavy atom. The Morgan fingerprint density at radius 1 is 1.12 bits per heavy atom. The zero-order valence-electron chi connectivity index (χ0n) is 13.1. The van der Waals surface area contributed by atoms with Gasteiger partial charge in [-0.15, -0.1) is 0 Å². The van der Waals surface area contributed by atoms with Gasteiger partial charge in [0, 0.05) is 21.5 Å². The molecule has 5 nitrogen and oxygen atoms in total. The molecule has 4 rings (SSSR count). The molecule has 3 aromatic rings. The molecule has 1 aromatic heterocycles. The predicted octanol–water partition coefficient (Wildman–Crippen LogP) is 3.73. The van der Waals surface area contributed by atoms with Gasteiger partial charge in [-0.25, -0.2) is 13.4 Å². The van der Waals surface area contributed by atoms with Gasteiger partial charge in [-0.1, -0.05) is 29.8 Å². The largest absolute Gasteiger partial charge is 0.467 e. The molecule has 0 aliphatic carbocycles. The minimum atomic E-state index is -3.65. The molecule has 0 bridgehead atoms. The highest BCUT2D eigenvalue weighted by Crippen LogP contribution is 2.33. The van der Waals surface area contributed by atoms with E-state index in [-0.39, 0.29) is 17.6 Å². The molecule has 0 saturated carbocycles. The maximum Gasteiger partial charge on any atom is 0.199 e. The highest BCUT2D eigenvalue weighted by atomic mass is 35.5.